The number of methoxy groups -OCH3 is 1. The van der Waals surface area contributed by atoms with Crippen molar-refractivity contribution >= 4 is 11.9 Å². The fourth-order valence-corrected chi connectivity index (χ4v) is 2.27. The Bertz CT molecular complexity index is 666. The molecule has 0 fully saturated rings. The monoisotopic (exact) mass is 316 g/mol. The summed E-state index contributed by atoms with van der Waals surface area (Å²) in [6.45, 7) is 3.63. The van der Waals surface area contributed by atoms with Gasteiger partial charge in [-0.2, -0.15) is 0 Å². The van der Waals surface area contributed by atoms with Gasteiger partial charge in [-0.3, -0.25) is 4.79 Å². The normalized spacial score (nSPS) is 13.2. The highest BCUT2D eigenvalue weighted by atomic mass is 16.6. The maximum absolute atomic E-state index is 12.3. The summed E-state index contributed by atoms with van der Waals surface area (Å²) in [7, 11) is 1.30. The lowest BCUT2D eigenvalue weighted by atomic mass is 10.1. The van der Waals surface area contributed by atoms with Crippen molar-refractivity contribution in [1.82, 2.24) is 9.55 Å². The second kappa shape index (κ2) is 7.58. The maximum atomic E-state index is 12.3. The van der Waals surface area contributed by atoms with Crippen LogP contribution in [0.4, 0.5) is 0 Å². The van der Waals surface area contributed by atoms with Crippen LogP contribution in [0.3, 0.4) is 0 Å². The topological polar surface area (TPSA) is 70.4 Å². The Morgan fingerprint density at radius 1 is 1.22 bits per heavy atom. The second-order valence-electron chi connectivity index (χ2n) is 5.27. The summed E-state index contributed by atoms with van der Waals surface area (Å²) in [6.07, 6.45) is 2.52. The fraction of sp³-hybridized carbons (Fsp3) is 0.353. The van der Waals surface area contributed by atoms with Crippen LogP contribution in [0.15, 0.2) is 42.9 Å². The molecule has 1 unspecified atom stereocenters. The highest BCUT2D eigenvalue weighted by molar-refractivity contribution is 5.87. The molecular weight excluding hydrogens is 296 g/mol. The third-order valence-corrected chi connectivity index (χ3v) is 3.56. The van der Waals surface area contributed by atoms with E-state index in [4.69, 9.17) is 4.74 Å². The highest BCUT2D eigenvalue weighted by Gasteiger charge is 2.21. The molecule has 0 spiro atoms. The molecule has 0 bridgehead atoms. The number of benzene rings is 1. The van der Waals surface area contributed by atoms with E-state index >= 15 is 0 Å². The van der Waals surface area contributed by atoms with E-state index in [9.17, 15) is 9.59 Å². The van der Waals surface area contributed by atoms with E-state index in [0.717, 1.165) is 5.56 Å². The molecule has 1 aromatic carbocycles. The Balaban J connectivity index is 2.11. The molecule has 0 aliphatic heterocycles. The van der Waals surface area contributed by atoms with E-state index in [2.05, 4.69) is 9.72 Å². The van der Waals surface area contributed by atoms with Crippen molar-refractivity contribution in [3.8, 4) is 0 Å². The molecule has 2 rings (SSSR count). The summed E-state index contributed by atoms with van der Waals surface area (Å²) in [5.41, 5.74) is 1.40. The van der Waals surface area contributed by atoms with Crippen molar-refractivity contribution in [2.75, 3.05) is 7.11 Å². The van der Waals surface area contributed by atoms with Gasteiger partial charge in [-0.05, 0) is 19.4 Å². The molecule has 23 heavy (non-hydrogen) atoms. The average Bonchev–Trinajstić information content (AvgIpc) is 3.04. The highest BCUT2D eigenvalue weighted by Crippen LogP contribution is 2.20. The van der Waals surface area contributed by atoms with Gasteiger partial charge in [-0.1, -0.05) is 30.3 Å². The molecule has 0 aliphatic rings. The summed E-state index contributed by atoms with van der Waals surface area (Å²) in [5.74, 6) is -0.932. The van der Waals surface area contributed by atoms with Gasteiger partial charge < -0.3 is 14.0 Å². The lowest BCUT2D eigenvalue weighted by molar-refractivity contribution is -0.142. The van der Waals surface area contributed by atoms with Crippen LogP contribution in [-0.4, -0.2) is 34.7 Å². The largest absolute Gasteiger partial charge is 0.469 e. The first kappa shape index (κ1) is 16.7. The van der Waals surface area contributed by atoms with Crippen LogP contribution in [0.5, 0.6) is 0 Å². The first-order valence-electron chi connectivity index (χ1n) is 7.37. The molecule has 0 saturated heterocycles. The number of ether oxygens (including phenoxy) is 2. The van der Waals surface area contributed by atoms with Gasteiger partial charge in [-0.25, -0.2) is 9.78 Å². The van der Waals surface area contributed by atoms with E-state index in [-0.39, 0.29) is 12.5 Å². The molecule has 1 aromatic heterocycles. The molecule has 122 valence electrons. The number of aromatic nitrogens is 2. The van der Waals surface area contributed by atoms with Crippen LogP contribution in [0, 0.1) is 0 Å². The molecule has 1 heterocycles. The van der Waals surface area contributed by atoms with E-state index in [1.54, 1.807) is 17.8 Å². The molecule has 6 nitrogen and oxygen atoms in total. The van der Waals surface area contributed by atoms with Gasteiger partial charge in [0.05, 0.1) is 32.1 Å². The third-order valence-electron chi connectivity index (χ3n) is 3.56. The predicted octanol–water partition coefficient (Wildman–Crippen LogP) is 2.60. The number of hydrogen-bond donors (Lipinski definition) is 0. The Hall–Kier alpha value is -2.63. The van der Waals surface area contributed by atoms with Crippen molar-refractivity contribution in [3.63, 3.8) is 0 Å². The zero-order chi connectivity index (χ0) is 16.8. The predicted molar refractivity (Wildman–Crippen MR) is 84.0 cm³/mol. The minimum atomic E-state index is -0.565. The van der Waals surface area contributed by atoms with Gasteiger partial charge in [0, 0.05) is 0 Å². The lowest BCUT2D eigenvalue weighted by Crippen LogP contribution is -2.22. The Kier molecular flexibility index (Phi) is 5.51. The lowest BCUT2D eigenvalue weighted by Gasteiger charge is -2.18. The first-order chi connectivity index (χ1) is 11.0. The number of imidazole rings is 1. The number of hydrogen-bond acceptors (Lipinski definition) is 5. The van der Waals surface area contributed by atoms with E-state index in [1.807, 2.05) is 37.3 Å². The number of nitrogens with zero attached hydrogens (tertiary/aromatic N) is 2. The summed E-state index contributed by atoms with van der Waals surface area (Å²) >= 11 is 0. The summed E-state index contributed by atoms with van der Waals surface area (Å²) < 4.78 is 11.6. The Labute approximate surface area is 135 Å². The zero-order valence-corrected chi connectivity index (χ0v) is 13.4. The quantitative estimate of drug-likeness (QED) is 0.766. The molecule has 2 aromatic rings. The van der Waals surface area contributed by atoms with Crippen LogP contribution < -0.4 is 0 Å². The minimum Gasteiger partial charge on any atom is -0.469 e. The third kappa shape index (κ3) is 4.18. The van der Waals surface area contributed by atoms with Gasteiger partial charge in [-0.15, -0.1) is 0 Å². The number of rotatable bonds is 6. The van der Waals surface area contributed by atoms with Gasteiger partial charge in [0.2, 0.25) is 0 Å². The molecule has 0 saturated carbocycles. The smallest absolute Gasteiger partial charge is 0.356 e. The summed E-state index contributed by atoms with van der Waals surface area (Å²) in [5, 5.41) is 0. The van der Waals surface area contributed by atoms with Crippen molar-refractivity contribution in [1.29, 1.82) is 0 Å². The molecule has 0 N–H and O–H groups in total. The van der Waals surface area contributed by atoms with Gasteiger partial charge in [0.1, 0.15) is 11.8 Å². The van der Waals surface area contributed by atoms with Crippen molar-refractivity contribution in [2.45, 2.75) is 32.4 Å². The molecular formula is C17H20N2O4. The minimum absolute atomic E-state index is 0.0185. The number of esters is 2. The van der Waals surface area contributed by atoms with E-state index in [1.165, 1.54) is 13.3 Å². The maximum Gasteiger partial charge on any atom is 0.356 e. The van der Waals surface area contributed by atoms with E-state index < -0.39 is 18.0 Å². The Morgan fingerprint density at radius 3 is 2.57 bits per heavy atom. The molecule has 0 amide bonds. The second-order valence-corrected chi connectivity index (χ2v) is 5.27. The van der Waals surface area contributed by atoms with Crippen molar-refractivity contribution in [2.24, 2.45) is 0 Å². The standard InChI is InChI=1S/C17H20N2O4/c1-12(9-16(20)22-3)23-17(21)15-10-18-11-19(15)13(2)14-7-5-4-6-8-14/h4-8,10-13H,9H2,1-3H3/t12-,13?/m1/s1. The molecule has 0 aliphatic carbocycles. The molecule has 2 atom stereocenters. The summed E-state index contributed by atoms with van der Waals surface area (Å²) in [6, 6.07) is 9.74. The molecule has 0 radical (unpaired) electrons. The van der Waals surface area contributed by atoms with Crippen LogP contribution >= 0.6 is 0 Å². The van der Waals surface area contributed by atoms with Crippen LogP contribution in [0.2, 0.25) is 0 Å². The zero-order valence-electron chi connectivity index (χ0n) is 13.4. The van der Waals surface area contributed by atoms with Crippen molar-refractivity contribution < 1.29 is 19.1 Å². The van der Waals surface area contributed by atoms with E-state index in [0.29, 0.717) is 5.69 Å². The van der Waals surface area contributed by atoms with Crippen LogP contribution in [-0.2, 0) is 14.3 Å². The fourth-order valence-electron chi connectivity index (χ4n) is 2.27. The van der Waals surface area contributed by atoms with Crippen LogP contribution in [0.25, 0.3) is 0 Å². The van der Waals surface area contributed by atoms with Crippen molar-refractivity contribution in [3.05, 3.63) is 54.1 Å². The van der Waals surface area contributed by atoms with Gasteiger partial charge >= 0.3 is 11.9 Å². The SMILES string of the molecule is COC(=O)C[C@@H](C)OC(=O)c1cncn1C(C)c1ccccc1. The number of carbonyl (C=O) groups is 2. The average molecular weight is 316 g/mol. The summed E-state index contributed by atoms with van der Waals surface area (Å²) in [4.78, 5) is 27.6. The van der Waals surface area contributed by atoms with Gasteiger partial charge in [0.15, 0.2) is 0 Å². The van der Waals surface area contributed by atoms with Crippen LogP contribution in [0.1, 0.15) is 42.4 Å². The van der Waals surface area contributed by atoms with Gasteiger partial charge in [0.25, 0.3) is 0 Å². The first-order valence-corrected chi connectivity index (χ1v) is 7.37. The number of carbonyl (C=O) groups excluding carboxylic acids is 2. The molecule has 6 heteroatoms. The Morgan fingerprint density at radius 2 is 1.91 bits per heavy atom.